The van der Waals surface area contributed by atoms with E-state index < -0.39 is 0 Å². The van der Waals surface area contributed by atoms with E-state index in [4.69, 9.17) is 0 Å². The van der Waals surface area contributed by atoms with Crippen LogP contribution in [0.2, 0.25) is 26.2 Å². The Balaban J connectivity index is -0.000000000861. The van der Waals surface area contributed by atoms with Crippen LogP contribution in [-0.2, 0) is 67.7 Å². The van der Waals surface area contributed by atoms with E-state index in [1.807, 2.05) is 33.6 Å². The standard InChI is InChI=1S/C2H8Si.2CH5Si.3CH4.4CH3.2Co.2Fe/c1-3-2;2*1-2;;;;;;;;;;;/h3H2,1-2H3;2*2H2,1H3;3*1H4;4*1H3;;;;/q;;;;;;4*-1;;+2;;+2. The first-order valence-electron chi connectivity index (χ1n) is 2.83. The van der Waals surface area contributed by atoms with Gasteiger partial charge < -0.3 is 29.7 Å². The van der Waals surface area contributed by atoms with Crippen LogP contribution in [0.1, 0.15) is 22.3 Å². The molecule has 132 valence electrons. The summed E-state index contributed by atoms with van der Waals surface area (Å²) >= 11 is 0. The van der Waals surface area contributed by atoms with Crippen LogP contribution in [0, 0.1) is 29.7 Å². The van der Waals surface area contributed by atoms with E-state index in [-0.39, 0.29) is 120 Å². The molecule has 0 aliphatic rings. The summed E-state index contributed by atoms with van der Waals surface area (Å²) in [4.78, 5) is 0. The van der Waals surface area contributed by atoms with E-state index in [0.29, 0.717) is 9.52 Å². The Hall–Kier alpha value is 2.70. The second-order valence-corrected chi connectivity index (χ2v) is 2.12. The topological polar surface area (TPSA) is 0 Å². The summed E-state index contributed by atoms with van der Waals surface area (Å²) in [5, 5.41) is 0. The molecule has 0 saturated carbocycles. The van der Waals surface area contributed by atoms with Gasteiger partial charge in [0.25, 0.3) is 0 Å². The van der Waals surface area contributed by atoms with Crippen molar-refractivity contribution in [2.24, 2.45) is 0 Å². The molecular weight excluding hydrogens is 446 g/mol. The molecule has 0 amide bonds. The third-order valence-corrected chi connectivity index (χ3v) is 0. The van der Waals surface area contributed by atoms with Crippen molar-refractivity contribution in [1.82, 2.24) is 0 Å². The minimum Gasteiger partial charge on any atom is -0.358 e. The second-order valence-electron chi connectivity index (χ2n) is 0.707. The molecule has 0 fully saturated rings. The first kappa shape index (κ1) is 179. The monoisotopic (exact) mass is 488 g/mol. The molecule has 0 aromatic heterocycles. The minimum absolute atomic E-state index is 0. The number of rotatable bonds is 0. The Kier molecular flexibility index (Phi) is 5000. The van der Waals surface area contributed by atoms with Gasteiger partial charge in [0, 0.05) is 63.9 Å². The average Bonchev–Trinajstić information content (AvgIpc) is 1.78. The van der Waals surface area contributed by atoms with Crippen LogP contribution in [0.3, 0.4) is 0 Å². The van der Waals surface area contributed by atoms with Gasteiger partial charge in [-0.15, -0.1) is 0 Å². The molecule has 7 heteroatoms. The van der Waals surface area contributed by atoms with Crippen molar-refractivity contribution in [3.05, 3.63) is 29.7 Å². The van der Waals surface area contributed by atoms with Crippen molar-refractivity contribution < 1.29 is 67.7 Å². The van der Waals surface area contributed by atoms with Crippen LogP contribution in [0.25, 0.3) is 0 Å². The average molecular weight is 488 g/mol. The maximum atomic E-state index is 2.26. The summed E-state index contributed by atoms with van der Waals surface area (Å²) < 4.78 is 0. The van der Waals surface area contributed by atoms with Crippen molar-refractivity contribution >= 4 is 30.0 Å². The Morgan fingerprint density at radius 2 is 0.667 bits per heavy atom. The number of hydrogen-bond donors (Lipinski definition) is 0. The minimum atomic E-state index is 0. The fourth-order valence-corrected chi connectivity index (χ4v) is 0. The van der Waals surface area contributed by atoms with Gasteiger partial charge in [0.15, 0.2) is 0 Å². The molecule has 0 bridgehead atoms. The summed E-state index contributed by atoms with van der Waals surface area (Å²) in [6, 6.07) is 0. The molecule has 0 saturated heterocycles. The SMILES string of the molecule is C.C.C.C[SiH2].C[SiH2].C[SiH2]C.[CH3-].[CH3-].[CH3-].[CH3-].[Co+2].[Co].[Fe+2].[Fe]. The van der Waals surface area contributed by atoms with Crippen molar-refractivity contribution in [2.75, 3.05) is 0 Å². The summed E-state index contributed by atoms with van der Waals surface area (Å²) in [6.07, 6.45) is 0. The summed E-state index contributed by atoms with van der Waals surface area (Å²) in [6.45, 7) is 8.58. The Morgan fingerprint density at radius 3 is 0.667 bits per heavy atom. The van der Waals surface area contributed by atoms with E-state index in [1.165, 1.54) is 0 Å². The van der Waals surface area contributed by atoms with E-state index in [2.05, 4.69) is 13.1 Å². The first-order valence-corrected chi connectivity index (χ1v) is 8.49. The van der Waals surface area contributed by atoms with Crippen LogP contribution in [-0.4, -0.2) is 30.0 Å². The van der Waals surface area contributed by atoms with Crippen molar-refractivity contribution in [3.8, 4) is 0 Å². The van der Waals surface area contributed by atoms with Gasteiger partial charge in [-0.25, -0.2) is 0 Å². The van der Waals surface area contributed by atoms with Gasteiger partial charge in [0.2, 0.25) is 0 Å². The fourth-order valence-electron chi connectivity index (χ4n) is 0. The largest absolute Gasteiger partial charge is 2.00 e. The van der Waals surface area contributed by atoms with Gasteiger partial charge in [-0.05, 0) is 0 Å². The molecule has 0 aliphatic carbocycles. The van der Waals surface area contributed by atoms with Crippen LogP contribution < -0.4 is 0 Å². The van der Waals surface area contributed by atoms with E-state index in [0.717, 1.165) is 0 Å². The van der Waals surface area contributed by atoms with Crippen molar-refractivity contribution in [1.29, 1.82) is 0 Å². The van der Waals surface area contributed by atoms with Gasteiger partial charge in [0.05, 0.1) is 0 Å². The zero-order valence-corrected chi connectivity index (χ0v) is 20.0. The molecule has 0 aromatic rings. The molecule has 0 spiro atoms. The van der Waals surface area contributed by atoms with Gasteiger partial charge >= 0.3 is 33.8 Å². The molecule has 0 unspecified atom stereocenters. The Labute approximate surface area is 174 Å². The molecule has 0 rings (SSSR count). The van der Waals surface area contributed by atoms with Crippen LogP contribution >= 0.6 is 0 Å². The smallest absolute Gasteiger partial charge is 0.358 e. The quantitative estimate of drug-likeness (QED) is 0.363. The number of hydrogen-bond acceptors (Lipinski definition) is 0. The van der Waals surface area contributed by atoms with Crippen LogP contribution in [0.5, 0.6) is 0 Å². The van der Waals surface area contributed by atoms with E-state index >= 15 is 0 Å². The summed E-state index contributed by atoms with van der Waals surface area (Å²) in [7, 11) is 4.14. The molecule has 0 atom stereocenters. The maximum absolute atomic E-state index is 2.26. The third-order valence-electron chi connectivity index (χ3n) is 0. The van der Waals surface area contributed by atoms with Gasteiger partial charge in [-0.1, -0.05) is 48.5 Å². The first-order chi connectivity index (χ1) is 3.41. The molecule has 0 aromatic carbocycles. The zero-order chi connectivity index (χ0) is 6.71. The van der Waals surface area contributed by atoms with Crippen LogP contribution in [0.15, 0.2) is 0 Å². The zero-order valence-electron chi connectivity index (χ0n) is 11.5. The van der Waals surface area contributed by atoms with Crippen molar-refractivity contribution in [2.45, 2.75) is 48.5 Å². The summed E-state index contributed by atoms with van der Waals surface area (Å²) in [5.41, 5.74) is 0. The predicted molar refractivity (Wildman–Crippen MR) is 94.9 cm³/mol. The Morgan fingerprint density at radius 1 is 0.667 bits per heavy atom. The molecule has 0 N–H and O–H groups in total. The molecule has 0 nitrogen and oxygen atoms in total. The van der Waals surface area contributed by atoms with Gasteiger partial charge in [-0.2, -0.15) is 0 Å². The van der Waals surface area contributed by atoms with Gasteiger partial charge in [-0.3, -0.25) is 0 Å². The third kappa shape index (κ3) is 802. The van der Waals surface area contributed by atoms with Crippen molar-refractivity contribution in [3.63, 3.8) is 0 Å². The van der Waals surface area contributed by atoms with E-state index in [9.17, 15) is 0 Å². The predicted octanol–water partition coefficient (Wildman–Crippen LogP) is 3.29. The van der Waals surface area contributed by atoms with Gasteiger partial charge in [0.1, 0.15) is 0 Å². The fraction of sp³-hybridized carbons (Fsp3) is 0.636. The van der Waals surface area contributed by atoms with E-state index in [1.54, 1.807) is 0 Å². The molecule has 4 radical (unpaired) electrons. The molecule has 0 aliphatic heterocycles. The maximum Gasteiger partial charge on any atom is 2.00 e. The normalized spacial score (nSPS) is 1.67. The second kappa shape index (κ2) is 503. The van der Waals surface area contributed by atoms with Crippen LogP contribution in [0.4, 0.5) is 0 Å². The summed E-state index contributed by atoms with van der Waals surface area (Å²) in [5.74, 6) is 0. The molecule has 18 heavy (non-hydrogen) atoms. The molecular formula is C11H42Co2Fe2Si3. The molecule has 0 heterocycles. The Bertz CT molecular complexity index is 28.3.